The molecule has 0 aliphatic rings. The Balaban J connectivity index is 2.42. The van der Waals surface area contributed by atoms with E-state index in [9.17, 15) is 14.5 Å². The van der Waals surface area contributed by atoms with Gasteiger partial charge in [0.15, 0.2) is 0 Å². The summed E-state index contributed by atoms with van der Waals surface area (Å²) in [6, 6.07) is 1.99. The molecule has 0 saturated heterocycles. The fourth-order valence-corrected chi connectivity index (χ4v) is 2.55. The molecule has 0 atom stereocenters. The van der Waals surface area contributed by atoms with Crippen molar-refractivity contribution in [1.29, 1.82) is 0 Å². The van der Waals surface area contributed by atoms with Gasteiger partial charge in [0.1, 0.15) is 10.4 Å². The third-order valence-corrected chi connectivity index (χ3v) is 3.89. The first-order valence-corrected chi connectivity index (χ1v) is 6.86. The minimum absolute atomic E-state index is 0.00173. The van der Waals surface area contributed by atoms with Crippen molar-refractivity contribution in [3.63, 3.8) is 0 Å². The quantitative estimate of drug-likeness (QED) is 0.564. The normalized spacial score (nSPS) is 10.4. The maximum atomic E-state index is 13.4. The van der Waals surface area contributed by atoms with E-state index in [0.29, 0.717) is 4.60 Å². The van der Waals surface area contributed by atoms with E-state index < -0.39 is 10.7 Å². The molecular weight excluding hydrogens is 395 g/mol. The average molecular weight is 398 g/mol. The summed E-state index contributed by atoms with van der Waals surface area (Å²) in [7, 11) is 0. The molecule has 1 aromatic heterocycles. The van der Waals surface area contributed by atoms with Crippen LogP contribution >= 0.6 is 43.2 Å². The van der Waals surface area contributed by atoms with Crippen LogP contribution in [0.25, 0.3) is 0 Å². The van der Waals surface area contributed by atoms with Crippen molar-refractivity contribution >= 4 is 48.9 Å². The molecule has 5 nitrogen and oxygen atoms in total. The van der Waals surface area contributed by atoms with Crippen molar-refractivity contribution in [3.05, 3.63) is 42.5 Å². The maximum Gasteiger partial charge on any atom is 0.313 e. The number of nitro benzene ring substituents is 1. The second kappa shape index (κ2) is 5.29. The Kier molecular flexibility index (Phi) is 3.93. The van der Waals surface area contributed by atoms with Crippen LogP contribution in [0.5, 0.6) is 10.9 Å². The van der Waals surface area contributed by atoms with Gasteiger partial charge >= 0.3 is 5.69 Å². The Labute approximate surface area is 121 Å². The second-order valence-electron chi connectivity index (χ2n) is 3.03. The molecule has 0 amide bonds. The SMILES string of the molecule is O=[N+]([O-])c1cc(Br)c(F)cc1Oc1nc(Br)cs1. The predicted octanol–water partition coefficient (Wildman–Crippen LogP) is 4.51. The Morgan fingerprint density at radius 1 is 1.44 bits per heavy atom. The lowest BCUT2D eigenvalue weighted by molar-refractivity contribution is -0.385. The zero-order valence-corrected chi connectivity index (χ0v) is 12.4. The Hall–Kier alpha value is -1.06. The number of aromatic nitrogens is 1. The van der Waals surface area contributed by atoms with Gasteiger partial charge in [-0.3, -0.25) is 10.1 Å². The van der Waals surface area contributed by atoms with Crippen LogP contribution in [0.4, 0.5) is 10.1 Å². The van der Waals surface area contributed by atoms with Crippen LogP contribution in [0, 0.1) is 15.9 Å². The largest absolute Gasteiger partial charge is 0.423 e. The van der Waals surface area contributed by atoms with Gasteiger partial charge in [0.05, 0.1) is 9.40 Å². The maximum absolute atomic E-state index is 13.4. The minimum Gasteiger partial charge on any atom is -0.423 e. The first-order chi connectivity index (χ1) is 8.47. The van der Waals surface area contributed by atoms with E-state index >= 15 is 0 Å². The molecule has 0 aliphatic heterocycles. The number of nitro groups is 1. The molecule has 94 valence electrons. The van der Waals surface area contributed by atoms with Crippen LogP contribution in [0.1, 0.15) is 0 Å². The van der Waals surface area contributed by atoms with Gasteiger partial charge in [-0.15, -0.1) is 0 Å². The molecule has 0 spiro atoms. The fraction of sp³-hybridized carbons (Fsp3) is 0. The number of halogens is 3. The molecule has 0 radical (unpaired) electrons. The molecule has 0 bridgehead atoms. The van der Waals surface area contributed by atoms with Gasteiger partial charge in [-0.25, -0.2) is 4.39 Å². The van der Waals surface area contributed by atoms with E-state index in [1.165, 1.54) is 0 Å². The molecule has 1 heterocycles. The van der Waals surface area contributed by atoms with Crippen molar-refractivity contribution < 1.29 is 14.1 Å². The Morgan fingerprint density at radius 3 is 2.72 bits per heavy atom. The predicted molar refractivity (Wildman–Crippen MR) is 70.6 cm³/mol. The van der Waals surface area contributed by atoms with E-state index in [1.807, 2.05) is 0 Å². The van der Waals surface area contributed by atoms with Crippen molar-refractivity contribution in [2.75, 3.05) is 0 Å². The molecule has 9 heteroatoms. The van der Waals surface area contributed by atoms with E-state index in [1.54, 1.807) is 5.38 Å². The molecule has 0 saturated carbocycles. The van der Waals surface area contributed by atoms with E-state index in [4.69, 9.17) is 4.74 Å². The Morgan fingerprint density at radius 2 is 2.17 bits per heavy atom. The molecule has 2 rings (SSSR count). The van der Waals surface area contributed by atoms with Crippen molar-refractivity contribution in [2.45, 2.75) is 0 Å². The van der Waals surface area contributed by atoms with Crippen molar-refractivity contribution in [1.82, 2.24) is 4.98 Å². The van der Waals surface area contributed by atoms with Gasteiger partial charge in [0.25, 0.3) is 5.19 Å². The zero-order chi connectivity index (χ0) is 13.3. The lowest BCUT2D eigenvalue weighted by Gasteiger charge is -2.04. The lowest BCUT2D eigenvalue weighted by Crippen LogP contribution is -1.95. The summed E-state index contributed by atoms with van der Waals surface area (Å²) in [4.78, 5) is 14.1. The summed E-state index contributed by atoms with van der Waals surface area (Å²) in [5.74, 6) is -0.839. The summed E-state index contributed by atoms with van der Waals surface area (Å²) in [5, 5.41) is 12.7. The third kappa shape index (κ3) is 2.85. The van der Waals surface area contributed by atoms with Gasteiger partial charge in [-0.2, -0.15) is 4.98 Å². The number of thiazole rings is 1. The summed E-state index contributed by atoms with van der Waals surface area (Å²) in [5.41, 5.74) is -0.338. The molecule has 0 fully saturated rings. The summed E-state index contributed by atoms with van der Waals surface area (Å²) in [6.45, 7) is 0. The fourth-order valence-electron chi connectivity index (χ4n) is 1.12. The highest BCUT2D eigenvalue weighted by molar-refractivity contribution is 9.10. The number of nitrogens with zero attached hydrogens (tertiary/aromatic N) is 2. The lowest BCUT2D eigenvalue weighted by atomic mass is 10.3. The Bertz CT molecular complexity index is 620. The monoisotopic (exact) mass is 396 g/mol. The van der Waals surface area contributed by atoms with Crippen LogP contribution in [0.2, 0.25) is 0 Å². The summed E-state index contributed by atoms with van der Waals surface area (Å²) in [6.07, 6.45) is 0. The standard InChI is InChI=1S/C9H3Br2FN2O3S/c10-4-1-6(14(15)16)7(2-5(4)12)17-9-13-8(11)3-18-9/h1-3H. The van der Waals surface area contributed by atoms with Crippen LogP contribution in [0.15, 0.2) is 26.6 Å². The molecule has 0 unspecified atom stereocenters. The van der Waals surface area contributed by atoms with Gasteiger partial charge < -0.3 is 4.74 Å². The third-order valence-electron chi connectivity index (χ3n) is 1.85. The van der Waals surface area contributed by atoms with Gasteiger partial charge in [0.2, 0.25) is 5.75 Å². The molecule has 1 aromatic carbocycles. The number of benzene rings is 1. The highest BCUT2D eigenvalue weighted by Gasteiger charge is 2.20. The van der Waals surface area contributed by atoms with Crippen LogP contribution < -0.4 is 4.74 Å². The minimum atomic E-state index is -0.651. The number of ether oxygens (including phenoxy) is 1. The second-order valence-corrected chi connectivity index (χ2v) is 5.52. The first kappa shape index (κ1) is 13.4. The summed E-state index contributed by atoms with van der Waals surface area (Å²) < 4.78 is 19.1. The van der Waals surface area contributed by atoms with E-state index in [-0.39, 0.29) is 21.1 Å². The highest BCUT2D eigenvalue weighted by Crippen LogP contribution is 2.36. The number of hydrogen-bond acceptors (Lipinski definition) is 5. The van der Waals surface area contributed by atoms with E-state index in [2.05, 4.69) is 36.8 Å². The average Bonchev–Trinajstić information content (AvgIpc) is 2.68. The van der Waals surface area contributed by atoms with E-state index in [0.717, 1.165) is 23.5 Å². The first-order valence-electron chi connectivity index (χ1n) is 4.39. The molecule has 2 aromatic rings. The van der Waals surface area contributed by atoms with Crippen LogP contribution in [-0.4, -0.2) is 9.91 Å². The van der Waals surface area contributed by atoms with Crippen molar-refractivity contribution in [2.24, 2.45) is 0 Å². The number of hydrogen-bond donors (Lipinski definition) is 0. The van der Waals surface area contributed by atoms with Gasteiger partial charge in [-0.1, -0.05) is 11.3 Å². The molecule has 0 aliphatic carbocycles. The zero-order valence-electron chi connectivity index (χ0n) is 8.39. The van der Waals surface area contributed by atoms with Crippen LogP contribution in [-0.2, 0) is 0 Å². The molecular formula is C9H3Br2FN2O3S. The van der Waals surface area contributed by atoms with Crippen molar-refractivity contribution in [3.8, 4) is 10.9 Å². The van der Waals surface area contributed by atoms with Gasteiger partial charge in [0, 0.05) is 17.5 Å². The summed E-state index contributed by atoms with van der Waals surface area (Å²) >= 11 is 7.14. The molecule has 0 N–H and O–H groups in total. The number of rotatable bonds is 3. The molecule has 18 heavy (non-hydrogen) atoms. The van der Waals surface area contributed by atoms with Crippen LogP contribution in [0.3, 0.4) is 0 Å². The topological polar surface area (TPSA) is 65.3 Å². The van der Waals surface area contributed by atoms with Gasteiger partial charge in [-0.05, 0) is 31.9 Å². The highest BCUT2D eigenvalue weighted by atomic mass is 79.9. The smallest absolute Gasteiger partial charge is 0.313 e.